The van der Waals surface area contributed by atoms with E-state index in [4.69, 9.17) is 27.9 Å². The Morgan fingerprint density at radius 3 is 2.63 bits per heavy atom. The number of nitrogens with zero attached hydrogens (tertiary/aromatic N) is 3. The van der Waals surface area contributed by atoms with Crippen molar-refractivity contribution in [3.63, 3.8) is 0 Å². The molecule has 0 radical (unpaired) electrons. The van der Waals surface area contributed by atoms with Gasteiger partial charge in [0.2, 0.25) is 5.91 Å². The van der Waals surface area contributed by atoms with Crippen molar-refractivity contribution in [2.45, 2.75) is 37.2 Å². The normalized spacial score (nSPS) is 13.3. The smallest absolute Gasteiger partial charge is 0.230 e. The van der Waals surface area contributed by atoms with Gasteiger partial charge in [0.25, 0.3) is 0 Å². The van der Waals surface area contributed by atoms with Gasteiger partial charge in [0.15, 0.2) is 11.0 Å². The van der Waals surface area contributed by atoms with Gasteiger partial charge in [-0.2, -0.15) is 0 Å². The molecule has 156 valence electrons. The molecule has 9 heteroatoms. The molecule has 4 rings (SSSR count). The van der Waals surface area contributed by atoms with Crippen LogP contribution in [0.25, 0.3) is 0 Å². The van der Waals surface area contributed by atoms with Gasteiger partial charge < -0.3 is 10.1 Å². The van der Waals surface area contributed by atoms with E-state index in [-0.39, 0.29) is 18.3 Å². The zero-order valence-electron chi connectivity index (χ0n) is 16.1. The molecular formula is C21H20Cl2N4O2S. The fourth-order valence-corrected chi connectivity index (χ4v) is 4.06. The maximum absolute atomic E-state index is 12.3. The van der Waals surface area contributed by atoms with Crippen LogP contribution in [-0.4, -0.2) is 26.4 Å². The van der Waals surface area contributed by atoms with Crippen molar-refractivity contribution in [3.8, 4) is 5.75 Å². The summed E-state index contributed by atoms with van der Waals surface area (Å²) in [6.07, 6.45) is 2.15. The Balaban J connectivity index is 1.33. The van der Waals surface area contributed by atoms with Crippen LogP contribution in [0.5, 0.6) is 5.75 Å². The third-order valence-electron chi connectivity index (χ3n) is 4.58. The maximum Gasteiger partial charge on any atom is 0.230 e. The van der Waals surface area contributed by atoms with Crippen molar-refractivity contribution in [2.75, 3.05) is 5.75 Å². The summed E-state index contributed by atoms with van der Waals surface area (Å²) in [6, 6.07) is 15.1. The molecule has 6 nitrogen and oxygen atoms in total. The van der Waals surface area contributed by atoms with Gasteiger partial charge in [0, 0.05) is 17.6 Å². The first-order valence-electron chi connectivity index (χ1n) is 9.55. The molecule has 0 bridgehead atoms. The summed E-state index contributed by atoms with van der Waals surface area (Å²) < 4.78 is 7.90. The second kappa shape index (κ2) is 9.73. The van der Waals surface area contributed by atoms with Crippen molar-refractivity contribution in [3.05, 3.63) is 70.0 Å². The molecule has 1 saturated carbocycles. The van der Waals surface area contributed by atoms with E-state index in [9.17, 15) is 4.79 Å². The number of rotatable bonds is 9. The molecular weight excluding hydrogens is 443 g/mol. The first kappa shape index (κ1) is 21.0. The predicted octanol–water partition coefficient (Wildman–Crippen LogP) is 4.91. The van der Waals surface area contributed by atoms with E-state index in [0.717, 1.165) is 29.4 Å². The Kier molecular flexibility index (Phi) is 6.82. The molecule has 0 unspecified atom stereocenters. The van der Waals surface area contributed by atoms with E-state index >= 15 is 0 Å². The fourth-order valence-electron chi connectivity index (χ4n) is 2.89. The highest BCUT2D eigenvalue weighted by atomic mass is 35.5. The van der Waals surface area contributed by atoms with Gasteiger partial charge >= 0.3 is 0 Å². The van der Waals surface area contributed by atoms with Crippen LogP contribution in [0.15, 0.2) is 53.7 Å². The van der Waals surface area contributed by atoms with Crippen LogP contribution in [0.1, 0.15) is 30.3 Å². The molecule has 3 aromatic rings. The number of aromatic nitrogens is 3. The van der Waals surface area contributed by atoms with Crippen LogP contribution in [0.2, 0.25) is 10.0 Å². The predicted molar refractivity (Wildman–Crippen MR) is 118 cm³/mol. The largest absolute Gasteiger partial charge is 0.484 e. The summed E-state index contributed by atoms with van der Waals surface area (Å²) in [5.74, 6) is 1.56. The average molecular weight is 463 g/mol. The third-order valence-corrected chi connectivity index (χ3v) is 6.08. The average Bonchev–Trinajstić information content (AvgIpc) is 3.51. The third kappa shape index (κ3) is 5.47. The summed E-state index contributed by atoms with van der Waals surface area (Å²) in [7, 11) is 0. The molecule has 1 N–H and O–H groups in total. The number of thioether (sulfide) groups is 1. The second-order valence-electron chi connectivity index (χ2n) is 6.91. The van der Waals surface area contributed by atoms with Crippen molar-refractivity contribution >= 4 is 40.9 Å². The number of hydrogen-bond donors (Lipinski definition) is 1. The number of benzene rings is 2. The number of hydrogen-bond acceptors (Lipinski definition) is 5. The van der Waals surface area contributed by atoms with Crippen LogP contribution in [0.3, 0.4) is 0 Å². The van der Waals surface area contributed by atoms with E-state index in [1.165, 1.54) is 11.8 Å². The molecule has 1 aliphatic rings. The molecule has 0 saturated heterocycles. The van der Waals surface area contributed by atoms with Gasteiger partial charge in [-0.25, -0.2) is 0 Å². The highest BCUT2D eigenvalue weighted by Crippen LogP contribution is 2.39. The minimum absolute atomic E-state index is 0.0610. The first-order chi connectivity index (χ1) is 14.6. The topological polar surface area (TPSA) is 69.0 Å². The summed E-state index contributed by atoms with van der Waals surface area (Å²) in [5.41, 5.74) is 0.998. The van der Waals surface area contributed by atoms with Crippen molar-refractivity contribution in [1.29, 1.82) is 0 Å². The lowest BCUT2D eigenvalue weighted by molar-refractivity contribution is -0.118. The number of nitrogens with one attached hydrogen (secondary N) is 1. The minimum atomic E-state index is -0.0610. The summed E-state index contributed by atoms with van der Waals surface area (Å²) in [5, 5.41) is 13.4. The van der Waals surface area contributed by atoms with E-state index in [2.05, 4.69) is 20.1 Å². The number of halogens is 2. The van der Waals surface area contributed by atoms with Gasteiger partial charge in [-0.1, -0.05) is 59.2 Å². The molecule has 0 aliphatic heterocycles. The summed E-state index contributed by atoms with van der Waals surface area (Å²) in [6.45, 7) is 0.735. The molecule has 1 heterocycles. The SMILES string of the molecule is O=C(CSc1nnc(COc2ccccc2Cl)n1C1CC1)NCc1ccc(Cl)cc1. The Morgan fingerprint density at radius 2 is 1.90 bits per heavy atom. The lowest BCUT2D eigenvalue weighted by Crippen LogP contribution is -2.24. The molecule has 30 heavy (non-hydrogen) atoms. The van der Waals surface area contributed by atoms with Crippen LogP contribution < -0.4 is 10.1 Å². The van der Waals surface area contributed by atoms with Gasteiger partial charge in [-0.3, -0.25) is 9.36 Å². The van der Waals surface area contributed by atoms with Crippen molar-refractivity contribution < 1.29 is 9.53 Å². The van der Waals surface area contributed by atoms with Crippen molar-refractivity contribution in [1.82, 2.24) is 20.1 Å². The van der Waals surface area contributed by atoms with Gasteiger partial charge in [0.1, 0.15) is 12.4 Å². The van der Waals surface area contributed by atoms with E-state index < -0.39 is 0 Å². The molecule has 0 atom stereocenters. The Hall–Kier alpha value is -2.22. The zero-order chi connectivity index (χ0) is 20.9. The van der Waals surface area contributed by atoms with Gasteiger partial charge in [-0.15, -0.1) is 10.2 Å². The standard InChI is InChI=1S/C21H20Cl2N4O2S/c22-15-7-5-14(6-8-15)11-24-20(28)13-30-21-26-25-19(27(21)16-9-10-16)12-29-18-4-2-1-3-17(18)23/h1-8,16H,9-13H2,(H,24,28). The molecule has 2 aromatic carbocycles. The highest BCUT2D eigenvalue weighted by Gasteiger charge is 2.30. The monoisotopic (exact) mass is 462 g/mol. The minimum Gasteiger partial charge on any atom is -0.484 e. The molecule has 1 aromatic heterocycles. The van der Waals surface area contributed by atoms with E-state index in [1.54, 1.807) is 6.07 Å². The van der Waals surface area contributed by atoms with Crippen LogP contribution in [0, 0.1) is 0 Å². The zero-order valence-corrected chi connectivity index (χ0v) is 18.4. The van der Waals surface area contributed by atoms with Gasteiger partial charge in [0.05, 0.1) is 10.8 Å². The summed E-state index contributed by atoms with van der Waals surface area (Å²) in [4.78, 5) is 12.3. The molecule has 1 aliphatic carbocycles. The number of carbonyl (C=O) groups is 1. The Morgan fingerprint density at radius 1 is 1.13 bits per heavy atom. The highest BCUT2D eigenvalue weighted by molar-refractivity contribution is 7.99. The second-order valence-corrected chi connectivity index (χ2v) is 8.70. The molecule has 1 amide bonds. The number of ether oxygens (including phenoxy) is 1. The number of carbonyl (C=O) groups excluding carboxylic acids is 1. The number of para-hydroxylation sites is 1. The first-order valence-corrected chi connectivity index (χ1v) is 11.3. The molecule has 0 spiro atoms. The van der Waals surface area contributed by atoms with Crippen LogP contribution in [0.4, 0.5) is 0 Å². The molecule has 1 fully saturated rings. The number of amides is 1. The Bertz CT molecular complexity index is 1020. The van der Waals surface area contributed by atoms with E-state index in [1.807, 2.05) is 42.5 Å². The maximum atomic E-state index is 12.3. The van der Waals surface area contributed by atoms with Crippen LogP contribution in [-0.2, 0) is 17.9 Å². The van der Waals surface area contributed by atoms with Crippen molar-refractivity contribution in [2.24, 2.45) is 0 Å². The quantitative estimate of drug-likeness (QED) is 0.457. The summed E-state index contributed by atoms with van der Waals surface area (Å²) >= 11 is 13.4. The van der Waals surface area contributed by atoms with Crippen LogP contribution >= 0.6 is 35.0 Å². The van der Waals surface area contributed by atoms with Gasteiger partial charge in [-0.05, 0) is 42.7 Å². The Labute approximate surface area is 188 Å². The lowest BCUT2D eigenvalue weighted by atomic mass is 10.2. The van der Waals surface area contributed by atoms with E-state index in [0.29, 0.717) is 28.4 Å². The lowest BCUT2D eigenvalue weighted by Gasteiger charge is -2.11. The fraction of sp³-hybridized carbons (Fsp3) is 0.286.